The lowest BCUT2D eigenvalue weighted by molar-refractivity contribution is -0.130. The van der Waals surface area contributed by atoms with Crippen LogP contribution in [0.25, 0.3) is 0 Å². The quantitative estimate of drug-likeness (QED) is 0.716. The third kappa shape index (κ3) is 5.80. The molecule has 106 valence electrons. The van der Waals surface area contributed by atoms with Crippen molar-refractivity contribution in [3.8, 4) is 0 Å². The average molecular weight is 256 g/mol. The lowest BCUT2D eigenvalue weighted by Crippen LogP contribution is -2.35. The van der Waals surface area contributed by atoms with Crippen LogP contribution < -0.4 is 5.73 Å². The van der Waals surface area contributed by atoms with Gasteiger partial charge < -0.3 is 20.4 Å². The van der Waals surface area contributed by atoms with Crippen LogP contribution in [0.2, 0.25) is 0 Å². The van der Waals surface area contributed by atoms with E-state index < -0.39 is 0 Å². The molecule has 0 unspecified atom stereocenters. The predicted molar refractivity (Wildman–Crippen MR) is 74.5 cm³/mol. The number of nitrogens with two attached hydrogens (primary N) is 1. The molecule has 1 rings (SSSR count). The van der Waals surface area contributed by atoms with Crippen molar-refractivity contribution in [2.75, 3.05) is 59.9 Å². The van der Waals surface area contributed by atoms with Crippen LogP contribution in [-0.2, 0) is 4.79 Å². The summed E-state index contributed by atoms with van der Waals surface area (Å²) in [6, 6.07) is 0. The van der Waals surface area contributed by atoms with E-state index in [1.165, 1.54) is 13.0 Å². The molecule has 5 nitrogen and oxygen atoms in total. The molecule has 0 aromatic carbocycles. The van der Waals surface area contributed by atoms with Crippen LogP contribution in [0.4, 0.5) is 0 Å². The number of hydrogen-bond donors (Lipinski definition) is 1. The second-order valence-electron chi connectivity index (χ2n) is 5.21. The second kappa shape index (κ2) is 8.45. The van der Waals surface area contributed by atoms with Crippen LogP contribution in [-0.4, -0.2) is 80.5 Å². The summed E-state index contributed by atoms with van der Waals surface area (Å²) in [7, 11) is 4.03. The number of carbonyl (C=O) groups is 1. The molecular weight excluding hydrogens is 228 g/mol. The summed E-state index contributed by atoms with van der Waals surface area (Å²) in [6.45, 7) is 6.78. The highest BCUT2D eigenvalue weighted by molar-refractivity contribution is 5.76. The minimum Gasteiger partial charge on any atom is -0.346 e. The van der Waals surface area contributed by atoms with E-state index in [9.17, 15) is 4.79 Å². The minimum atomic E-state index is 0.237. The van der Waals surface area contributed by atoms with Crippen molar-refractivity contribution in [1.29, 1.82) is 0 Å². The molecule has 0 saturated carbocycles. The zero-order chi connectivity index (χ0) is 13.4. The topological polar surface area (TPSA) is 52.8 Å². The summed E-state index contributed by atoms with van der Waals surface area (Å²) in [5, 5.41) is 0. The van der Waals surface area contributed by atoms with Crippen molar-refractivity contribution in [3.63, 3.8) is 0 Å². The van der Waals surface area contributed by atoms with Crippen LogP contribution in [0.3, 0.4) is 0 Å². The molecule has 0 spiro atoms. The first-order valence-electron chi connectivity index (χ1n) is 6.98. The number of hydrogen-bond acceptors (Lipinski definition) is 4. The van der Waals surface area contributed by atoms with Gasteiger partial charge in [-0.2, -0.15) is 0 Å². The number of carbonyl (C=O) groups excluding carboxylic acids is 1. The van der Waals surface area contributed by atoms with Gasteiger partial charge >= 0.3 is 0 Å². The van der Waals surface area contributed by atoms with Gasteiger partial charge in [0.2, 0.25) is 5.91 Å². The monoisotopic (exact) mass is 256 g/mol. The molecule has 0 bridgehead atoms. The van der Waals surface area contributed by atoms with E-state index in [2.05, 4.69) is 16.8 Å². The fraction of sp³-hybridized carbons (Fsp3) is 0.923. The van der Waals surface area contributed by atoms with Gasteiger partial charge in [-0.25, -0.2) is 0 Å². The van der Waals surface area contributed by atoms with E-state index in [0.717, 1.165) is 39.1 Å². The Morgan fingerprint density at radius 2 is 2.06 bits per heavy atom. The molecule has 0 radical (unpaired) electrons. The maximum absolute atomic E-state index is 11.9. The Morgan fingerprint density at radius 1 is 1.28 bits per heavy atom. The maximum Gasteiger partial charge on any atom is 0.223 e. The van der Waals surface area contributed by atoms with Gasteiger partial charge in [-0.05, 0) is 39.5 Å². The molecule has 1 heterocycles. The van der Waals surface area contributed by atoms with Crippen LogP contribution in [0.15, 0.2) is 0 Å². The average Bonchev–Trinajstić information content (AvgIpc) is 2.57. The highest BCUT2D eigenvalue weighted by Crippen LogP contribution is 2.03. The Morgan fingerprint density at radius 3 is 2.78 bits per heavy atom. The molecule has 5 heteroatoms. The van der Waals surface area contributed by atoms with E-state index in [1.807, 2.05) is 7.05 Å². The van der Waals surface area contributed by atoms with Crippen molar-refractivity contribution < 1.29 is 4.79 Å². The van der Waals surface area contributed by atoms with E-state index in [0.29, 0.717) is 13.0 Å². The van der Waals surface area contributed by atoms with Crippen LogP contribution in [0.5, 0.6) is 0 Å². The molecule has 0 atom stereocenters. The van der Waals surface area contributed by atoms with E-state index in [-0.39, 0.29) is 5.91 Å². The van der Waals surface area contributed by atoms with Gasteiger partial charge in [0.1, 0.15) is 0 Å². The number of rotatable bonds is 6. The van der Waals surface area contributed by atoms with Gasteiger partial charge in [0.15, 0.2) is 0 Å². The third-order valence-corrected chi connectivity index (χ3v) is 3.58. The van der Waals surface area contributed by atoms with Gasteiger partial charge in [-0.1, -0.05) is 0 Å². The van der Waals surface area contributed by atoms with Crippen LogP contribution in [0.1, 0.15) is 19.3 Å². The number of amides is 1. The molecule has 1 fully saturated rings. The molecule has 2 N–H and O–H groups in total. The Hall–Kier alpha value is -0.650. The fourth-order valence-corrected chi connectivity index (χ4v) is 2.22. The van der Waals surface area contributed by atoms with Gasteiger partial charge in [-0.15, -0.1) is 0 Å². The SMILES string of the molecule is CN1CCCN(CCC(=O)N(C)CCCN)CC1. The molecule has 0 aromatic rings. The molecule has 0 aromatic heterocycles. The van der Waals surface area contributed by atoms with Gasteiger partial charge in [-0.3, -0.25) is 4.79 Å². The second-order valence-corrected chi connectivity index (χ2v) is 5.21. The van der Waals surface area contributed by atoms with E-state index >= 15 is 0 Å². The van der Waals surface area contributed by atoms with Crippen molar-refractivity contribution >= 4 is 5.91 Å². The minimum absolute atomic E-state index is 0.237. The van der Waals surface area contributed by atoms with Crippen LogP contribution in [0, 0.1) is 0 Å². The van der Waals surface area contributed by atoms with Gasteiger partial charge in [0.05, 0.1) is 0 Å². The summed E-state index contributed by atoms with van der Waals surface area (Å²) in [4.78, 5) is 18.4. The molecule has 1 amide bonds. The zero-order valence-corrected chi connectivity index (χ0v) is 11.9. The Labute approximate surface area is 111 Å². The first-order chi connectivity index (χ1) is 8.63. The lowest BCUT2D eigenvalue weighted by atomic mass is 10.3. The molecule has 1 saturated heterocycles. The van der Waals surface area contributed by atoms with Crippen molar-refractivity contribution in [3.05, 3.63) is 0 Å². The fourth-order valence-electron chi connectivity index (χ4n) is 2.22. The van der Waals surface area contributed by atoms with Gasteiger partial charge in [0, 0.05) is 39.6 Å². The standard InChI is InChI=1S/C13H28N4O/c1-15-7-4-9-17(12-11-15)10-5-13(18)16(2)8-3-6-14/h3-12,14H2,1-2H3. The van der Waals surface area contributed by atoms with Crippen molar-refractivity contribution in [2.45, 2.75) is 19.3 Å². The van der Waals surface area contributed by atoms with Crippen molar-refractivity contribution in [2.24, 2.45) is 5.73 Å². The predicted octanol–water partition coefficient (Wildman–Crippen LogP) is -0.179. The maximum atomic E-state index is 11.9. The lowest BCUT2D eigenvalue weighted by Gasteiger charge is -2.22. The van der Waals surface area contributed by atoms with Crippen molar-refractivity contribution in [1.82, 2.24) is 14.7 Å². The van der Waals surface area contributed by atoms with E-state index in [1.54, 1.807) is 4.90 Å². The van der Waals surface area contributed by atoms with Gasteiger partial charge in [0.25, 0.3) is 0 Å². The molecular formula is C13H28N4O. The largest absolute Gasteiger partial charge is 0.346 e. The Kier molecular flexibility index (Phi) is 7.23. The van der Waals surface area contributed by atoms with Crippen LogP contribution >= 0.6 is 0 Å². The number of nitrogens with zero attached hydrogens (tertiary/aromatic N) is 3. The first kappa shape index (κ1) is 15.4. The molecule has 1 aliphatic rings. The highest BCUT2D eigenvalue weighted by atomic mass is 16.2. The van der Waals surface area contributed by atoms with E-state index in [4.69, 9.17) is 5.73 Å². The molecule has 0 aliphatic carbocycles. The smallest absolute Gasteiger partial charge is 0.223 e. The molecule has 18 heavy (non-hydrogen) atoms. The third-order valence-electron chi connectivity index (χ3n) is 3.58. The Balaban J connectivity index is 2.20. The zero-order valence-electron chi connectivity index (χ0n) is 11.9. The summed E-state index contributed by atoms with van der Waals surface area (Å²) < 4.78 is 0. The Bertz CT molecular complexity index is 247. The highest BCUT2D eigenvalue weighted by Gasteiger charge is 2.14. The summed E-state index contributed by atoms with van der Waals surface area (Å²) in [6.07, 6.45) is 2.72. The molecule has 1 aliphatic heterocycles. The summed E-state index contributed by atoms with van der Waals surface area (Å²) >= 11 is 0. The number of likely N-dealkylation sites (N-methyl/N-ethyl adjacent to an activating group) is 1. The first-order valence-corrected chi connectivity index (χ1v) is 6.98. The summed E-state index contributed by atoms with van der Waals surface area (Å²) in [5.74, 6) is 0.237. The summed E-state index contributed by atoms with van der Waals surface area (Å²) in [5.41, 5.74) is 5.45. The normalized spacial score (nSPS) is 18.6.